The molecule has 0 bridgehead atoms. The maximum Gasteiger partial charge on any atom is 0.337 e. The van der Waals surface area contributed by atoms with Crippen molar-refractivity contribution in [3.63, 3.8) is 0 Å². The largest absolute Gasteiger partial charge is 0.465 e. The second-order valence-corrected chi connectivity index (χ2v) is 5.87. The summed E-state index contributed by atoms with van der Waals surface area (Å²) in [6.45, 7) is 0. The van der Waals surface area contributed by atoms with Gasteiger partial charge in [0.2, 0.25) is 0 Å². The van der Waals surface area contributed by atoms with Crippen molar-refractivity contribution in [3.05, 3.63) is 88.8 Å². The minimum atomic E-state index is -0.407. The number of hydrogen-bond donors (Lipinski definition) is 0. The highest BCUT2D eigenvalue weighted by molar-refractivity contribution is 5.93. The van der Waals surface area contributed by atoms with E-state index in [1.54, 1.807) is 36.5 Å². The van der Waals surface area contributed by atoms with Crippen molar-refractivity contribution in [3.8, 4) is 16.9 Å². The van der Waals surface area contributed by atoms with E-state index in [4.69, 9.17) is 4.74 Å². The van der Waals surface area contributed by atoms with Crippen LogP contribution in [0.4, 0.5) is 0 Å². The number of fused-ring (bicyclic) bond motifs is 1. The van der Waals surface area contributed by atoms with E-state index in [9.17, 15) is 9.59 Å². The molecule has 6 nitrogen and oxygen atoms in total. The zero-order chi connectivity index (χ0) is 18.8. The number of nitrogens with zero attached hydrogens (tertiary/aromatic N) is 3. The molecule has 0 aliphatic heterocycles. The molecule has 4 aromatic rings. The number of rotatable bonds is 3. The lowest BCUT2D eigenvalue weighted by atomic mass is 10.1. The number of carbonyl (C=O) groups excluding carboxylic acids is 1. The average molecular weight is 357 g/mol. The predicted molar refractivity (Wildman–Crippen MR) is 102 cm³/mol. The second-order valence-electron chi connectivity index (χ2n) is 5.87. The Bertz CT molecular complexity index is 1180. The van der Waals surface area contributed by atoms with Crippen molar-refractivity contribution in [2.45, 2.75) is 0 Å². The first-order valence-electron chi connectivity index (χ1n) is 8.31. The lowest BCUT2D eigenvalue weighted by Gasteiger charge is -2.11. The molecule has 0 amide bonds. The van der Waals surface area contributed by atoms with Gasteiger partial charge < -0.3 is 4.74 Å². The van der Waals surface area contributed by atoms with Crippen LogP contribution in [0, 0.1) is 0 Å². The van der Waals surface area contributed by atoms with Gasteiger partial charge in [0.05, 0.1) is 18.4 Å². The molecule has 6 heteroatoms. The first-order chi connectivity index (χ1) is 13.2. The third-order valence-electron chi connectivity index (χ3n) is 4.24. The van der Waals surface area contributed by atoms with Crippen LogP contribution in [0.25, 0.3) is 27.8 Å². The number of benzene rings is 2. The van der Waals surface area contributed by atoms with Gasteiger partial charge in [-0.15, -0.1) is 0 Å². The molecule has 27 heavy (non-hydrogen) atoms. The highest BCUT2D eigenvalue weighted by Gasteiger charge is 2.15. The van der Waals surface area contributed by atoms with Crippen molar-refractivity contribution in [1.29, 1.82) is 0 Å². The highest BCUT2D eigenvalue weighted by Crippen LogP contribution is 2.25. The maximum absolute atomic E-state index is 12.9. The summed E-state index contributed by atoms with van der Waals surface area (Å²) in [4.78, 5) is 28.8. The summed E-state index contributed by atoms with van der Waals surface area (Å²) < 4.78 is 6.08. The van der Waals surface area contributed by atoms with Crippen LogP contribution < -0.4 is 5.56 Å². The summed E-state index contributed by atoms with van der Waals surface area (Å²) in [5.41, 5.74) is 2.53. The van der Waals surface area contributed by atoms with Gasteiger partial charge in [-0.05, 0) is 36.4 Å². The molecule has 0 fully saturated rings. The molecule has 0 atom stereocenters. The fraction of sp³-hybridized carbons (Fsp3) is 0.0476. The van der Waals surface area contributed by atoms with E-state index in [-0.39, 0.29) is 5.56 Å². The Hall–Kier alpha value is -3.80. The average Bonchev–Trinajstić information content (AvgIpc) is 2.74. The molecule has 0 spiro atoms. The van der Waals surface area contributed by atoms with E-state index in [0.717, 1.165) is 5.56 Å². The molecule has 0 aliphatic carbocycles. The number of pyridine rings is 1. The summed E-state index contributed by atoms with van der Waals surface area (Å²) in [5.74, 6) is -0.407. The lowest BCUT2D eigenvalue weighted by molar-refractivity contribution is 0.0601. The molecule has 0 saturated heterocycles. The van der Waals surface area contributed by atoms with Crippen LogP contribution in [0.5, 0.6) is 0 Å². The Balaban J connectivity index is 1.96. The Morgan fingerprint density at radius 1 is 0.963 bits per heavy atom. The van der Waals surface area contributed by atoms with E-state index in [1.807, 2.05) is 36.4 Å². The molecule has 4 rings (SSSR count). The Labute approximate surface area is 154 Å². The number of hydrogen-bond acceptors (Lipinski definition) is 5. The highest BCUT2D eigenvalue weighted by atomic mass is 16.5. The topological polar surface area (TPSA) is 74.1 Å². The normalized spacial score (nSPS) is 10.7. The molecular weight excluding hydrogens is 342 g/mol. The minimum Gasteiger partial charge on any atom is -0.465 e. The number of methoxy groups -OCH3 is 1. The standard InChI is InChI=1S/C21H15N3O3/c1-27-21(26)15-11-9-14(10-12-15)18-17-8-5-13-22-19(17)20(25)24(23-18)16-6-3-2-4-7-16/h2-13H,1H3. The molecule has 2 heterocycles. The molecule has 0 aliphatic rings. The smallest absolute Gasteiger partial charge is 0.337 e. The Morgan fingerprint density at radius 2 is 1.70 bits per heavy atom. The van der Waals surface area contributed by atoms with Gasteiger partial charge in [-0.2, -0.15) is 9.78 Å². The fourth-order valence-electron chi connectivity index (χ4n) is 2.91. The SMILES string of the molecule is COC(=O)c1ccc(-c2nn(-c3ccccc3)c(=O)c3ncccc23)cc1. The number of para-hydroxylation sites is 1. The van der Waals surface area contributed by atoms with Crippen molar-refractivity contribution in [2.75, 3.05) is 7.11 Å². The lowest BCUT2D eigenvalue weighted by Crippen LogP contribution is -2.22. The number of carbonyl (C=O) groups is 1. The summed E-state index contributed by atoms with van der Waals surface area (Å²) in [6, 6.07) is 19.7. The van der Waals surface area contributed by atoms with Crippen LogP contribution in [-0.4, -0.2) is 27.8 Å². The third-order valence-corrected chi connectivity index (χ3v) is 4.24. The van der Waals surface area contributed by atoms with Crippen LogP contribution in [0.15, 0.2) is 77.7 Å². The van der Waals surface area contributed by atoms with Gasteiger partial charge in [-0.1, -0.05) is 30.3 Å². The summed E-state index contributed by atoms with van der Waals surface area (Å²) >= 11 is 0. The van der Waals surface area contributed by atoms with Crippen LogP contribution in [-0.2, 0) is 4.74 Å². The zero-order valence-electron chi connectivity index (χ0n) is 14.5. The molecular formula is C21H15N3O3. The van der Waals surface area contributed by atoms with Gasteiger partial charge in [-0.3, -0.25) is 9.78 Å². The minimum absolute atomic E-state index is 0.285. The van der Waals surface area contributed by atoms with Crippen LogP contribution in [0.2, 0.25) is 0 Å². The first kappa shape index (κ1) is 16.7. The molecule has 2 aromatic heterocycles. The zero-order valence-corrected chi connectivity index (χ0v) is 14.5. The molecule has 0 unspecified atom stereocenters. The number of esters is 1. The molecule has 2 aromatic carbocycles. The van der Waals surface area contributed by atoms with Crippen molar-refractivity contribution < 1.29 is 9.53 Å². The Morgan fingerprint density at radius 3 is 2.41 bits per heavy atom. The molecule has 0 saturated carbocycles. The summed E-state index contributed by atoms with van der Waals surface area (Å²) in [7, 11) is 1.34. The summed E-state index contributed by atoms with van der Waals surface area (Å²) in [6.07, 6.45) is 1.59. The predicted octanol–water partition coefficient (Wildman–Crippen LogP) is 3.23. The molecule has 0 radical (unpaired) electrons. The Kier molecular flexibility index (Phi) is 4.22. The van der Waals surface area contributed by atoms with Crippen molar-refractivity contribution in [1.82, 2.24) is 14.8 Å². The monoisotopic (exact) mass is 357 g/mol. The maximum atomic E-state index is 12.9. The first-order valence-corrected chi connectivity index (χ1v) is 8.31. The van der Waals surface area contributed by atoms with Gasteiger partial charge in [0.1, 0.15) is 11.2 Å². The van der Waals surface area contributed by atoms with Crippen LogP contribution >= 0.6 is 0 Å². The van der Waals surface area contributed by atoms with E-state index in [1.165, 1.54) is 11.8 Å². The number of aromatic nitrogens is 3. The second kappa shape index (κ2) is 6.84. The van der Waals surface area contributed by atoms with E-state index in [2.05, 4.69) is 10.1 Å². The molecule has 0 N–H and O–H groups in total. The van der Waals surface area contributed by atoms with Gasteiger partial charge in [-0.25, -0.2) is 4.79 Å². The van der Waals surface area contributed by atoms with Crippen molar-refractivity contribution in [2.24, 2.45) is 0 Å². The molecule has 132 valence electrons. The number of ether oxygens (including phenoxy) is 1. The van der Waals surface area contributed by atoms with E-state index in [0.29, 0.717) is 27.8 Å². The van der Waals surface area contributed by atoms with Gasteiger partial charge >= 0.3 is 5.97 Å². The van der Waals surface area contributed by atoms with Crippen LogP contribution in [0.3, 0.4) is 0 Å². The fourth-order valence-corrected chi connectivity index (χ4v) is 2.91. The van der Waals surface area contributed by atoms with E-state index < -0.39 is 5.97 Å². The van der Waals surface area contributed by atoms with Gasteiger partial charge in [0.15, 0.2) is 0 Å². The van der Waals surface area contributed by atoms with Gasteiger partial charge in [0.25, 0.3) is 5.56 Å². The van der Waals surface area contributed by atoms with Crippen LogP contribution in [0.1, 0.15) is 10.4 Å². The summed E-state index contributed by atoms with van der Waals surface area (Å²) in [5, 5.41) is 5.24. The van der Waals surface area contributed by atoms with E-state index >= 15 is 0 Å². The third kappa shape index (κ3) is 2.97. The van der Waals surface area contributed by atoms with Gasteiger partial charge in [0, 0.05) is 17.1 Å². The van der Waals surface area contributed by atoms with Crippen molar-refractivity contribution >= 4 is 16.9 Å². The quantitative estimate of drug-likeness (QED) is 0.526.